The van der Waals surface area contributed by atoms with Gasteiger partial charge in [0.2, 0.25) is 0 Å². The maximum atomic E-state index is 8.65. The largest absolute Gasteiger partial charge is 0.493 e. The summed E-state index contributed by atoms with van der Waals surface area (Å²) in [5.41, 5.74) is 0.384. The van der Waals surface area contributed by atoms with E-state index in [1.54, 1.807) is 18.3 Å². The minimum atomic E-state index is 0.384. The van der Waals surface area contributed by atoms with Gasteiger partial charge in [-0.05, 0) is 12.5 Å². The van der Waals surface area contributed by atoms with Gasteiger partial charge < -0.3 is 9.47 Å². The van der Waals surface area contributed by atoms with Gasteiger partial charge in [0.25, 0.3) is 0 Å². The van der Waals surface area contributed by atoms with Gasteiger partial charge in [-0.1, -0.05) is 0 Å². The Morgan fingerprint density at radius 1 is 1.67 bits per heavy atom. The van der Waals surface area contributed by atoms with E-state index in [2.05, 4.69) is 4.98 Å². The van der Waals surface area contributed by atoms with E-state index < -0.39 is 0 Å². The molecule has 1 aromatic heterocycles. The van der Waals surface area contributed by atoms with Crippen molar-refractivity contribution in [3.05, 3.63) is 24.0 Å². The second-order valence-corrected chi connectivity index (χ2v) is 3.53. The monoisotopic (exact) mass is 204 g/mol. The normalized spacial score (nSPS) is 19.8. The maximum Gasteiger partial charge on any atom is 0.144 e. The molecule has 0 saturated carbocycles. The van der Waals surface area contributed by atoms with E-state index in [4.69, 9.17) is 14.7 Å². The number of hydrogen-bond acceptors (Lipinski definition) is 4. The van der Waals surface area contributed by atoms with Crippen molar-refractivity contribution in [2.45, 2.75) is 6.42 Å². The smallest absolute Gasteiger partial charge is 0.144 e. The summed E-state index contributed by atoms with van der Waals surface area (Å²) in [6.45, 7) is 2.25. The summed E-state index contributed by atoms with van der Waals surface area (Å²) in [4.78, 5) is 3.87. The lowest BCUT2D eigenvalue weighted by Gasteiger charge is -2.09. The Labute approximate surface area is 88.5 Å². The molecular weight excluding hydrogens is 192 g/mol. The molecule has 0 N–H and O–H groups in total. The molecule has 0 spiro atoms. The molecule has 1 saturated heterocycles. The van der Waals surface area contributed by atoms with Crippen LogP contribution >= 0.6 is 0 Å². The molecule has 1 aliphatic rings. The molecule has 78 valence electrons. The van der Waals surface area contributed by atoms with Crippen molar-refractivity contribution < 1.29 is 9.47 Å². The van der Waals surface area contributed by atoms with E-state index in [1.165, 1.54) is 0 Å². The highest BCUT2D eigenvalue weighted by Crippen LogP contribution is 2.16. The molecule has 1 fully saturated rings. The average Bonchev–Trinajstić information content (AvgIpc) is 2.79. The molecule has 4 nitrogen and oxygen atoms in total. The molecule has 0 aromatic carbocycles. The fraction of sp³-hybridized carbons (Fsp3) is 0.455. The van der Waals surface area contributed by atoms with Gasteiger partial charge in [0, 0.05) is 24.8 Å². The van der Waals surface area contributed by atoms with Gasteiger partial charge in [-0.2, -0.15) is 5.26 Å². The molecule has 0 radical (unpaired) electrons. The number of pyridine rings is 1. The Bertz CT molecular complexity index is 367. The van der Waals surface area contributed by atoms with Gasteiger partial charge >= 0.3 is 0 Å². The van der Waals surface area contributed by atoms with Crippen molar-refractivity contribution in [2.75, 3.05) is 19.8 Å². The van der Waals surface area contributed by atoms with Gasteiger partial charge in [-0.25, -0.2) is 4.98 Å². The number of hydrogen-bond donors (Lipinski definition) is 0. The van der Waals surface area contributed by atoms with Gasteiger partial charge in [0.15, 0.2) is 0 Å². The van der Waals surface area contributed by atoms with Crippen LogP contribution in [0.2, 0.25) is 0 Å². The third-order valence-electron chi connectivity index (χ3n) is 2.36. The summed E-state index contributed by atoms with van der Waals surface area (Å²) >= 11 is 0. The third kappa shape index (κ3) is 2.67. The van der Waals surface area contributed by atoms with Crippen molar-refractivity contribution in [2.24, 2.45) is 5.92 Å². The van der Waals surface area contributed by atoms with Crippen LogP contribution in [0.15, 0.2) is 18.3 Å². The molecule has 15 heavy (non-hydrogen) atoms. The zero-order valence-electron chi connectivity index (χ0n) is 8.35. The highest BCUT2D eigenvalue weighted by atomic mass is 16.5. The van der Waals surface area contributed by atoms with E-state index in [9.17, 15) is 0 Å². The van der Waals surface area contributed by atoms with Gasteiger partial charge in [0.05, 0.1) is 13.2 Å². The van der Waals surface area contributed by atoms with Gasteiger partial charge in [0.1, 0.15) is 17.5 Å². The van der Waals surface area contributed by atoms with E-state index in [1.807, 2.05) is 6.07 Å². The van der Waals surface area contributed by atoms with Crippen LogP contribution in [0.25, 0.3) is 0 Å². The second-order valence-electron chi connectivity index (χ2n) is 3.53. The molecule has 0 bridgehead atoms. The summed E-state index contributed by atoms with van der Waals surface area (Å²) in [6, 6.07) is 5.39. The number of nitriles is 1. The minimum absolute atomic E-state index is 0.384. The van der Waals surface area contributed by atoms with Crippen LogP contribution in [0.5, 0.6) is 5.75 Å². The van der Waals surface area contributed by atoms with Crippen LogP contribution < -0.4 is 4.74 Å². The number of ether oxygens (including phenoxy) is 2. The fourth-order valence-corrected chi connectivity index (χ4v) is 1.49. The summed E-state index contributed by atoms with van der Waals surface area (Å²) in [6.07, 6.45) is 2.63. The lowest BCUT2D eigenvalue weighted by molar-refractivity contribution is 0.167. The predicted octanol–water partition coefficient (Wildman–Crippen LogP) is 1.37. The van der Waals surface area contributed by atoms with Crippen LogP contribution in [0.4, 0.5) is 0 Å². The maximum absolute atomic E-state index is 8.65. The van der Waals surface area contributed by atoms with E-state index in [-0.39, 0.29) is 0 Å². The molecule has 1 aliphatic heterocycles. The summed E-state index contributed by atoms with van der Waals surface area (Å²) < 4.78 is 10.8. The van der Waals surface area contributed by atoms with Crippen molar-refractivity contribution >= 4 is 0 Å². The number of rotatable bonds is 3. The Morgan fingerprint density at radius 3 is 3.33 bits per heavy atom. The summed E-state index contributed by atoms with van der Waals surface area (Å²) in [7, 11) is 0. The lowest BCUT2D eigenvalue weighted by Crippen LogP contribution is -2.11. The van der Waals surface area contributed by atoms with Crippen LogP contribution in [-0.2, 0) is 4.74 Å². The van der Waals surface area contributed by atoms with Crippen molar-refractivity contribution in [1.82, 2.24) is 4.98 Å². The first kappa shape index (κ1) is 9.94. The zero-order chi connectivity index (χ0) is 10.5. The Morgan fingerprint density at radius 2 is 2.60 bits per heavy atom. The predicted molar refractivity (Wildman–Crippen MR) is 53.4 cm³/mol. The molecule has 0 amide bonds. The highest BCUT2D eigenvalue weighted by Gasteiger charge is 2.16. The Balaban J connectivity index is 1.90. The lowest BCUT2D eigenvalue weighted by atomic mass is 10.1. The van der Waals surface area contributed by atoms with Crippen LogP contribution in [0.1, 0.15) is 12.1 Å². The van der Waals surface area contributed by atoms with Crippen molar-refractivity contribution in [3.63, 3.8) is 0 Å². The van der Waals surface area contributed by atoms with E-state index in [0.29, 0.717) is 24.0 Å². The molecule has 1 aromatic rings. The van der Waals surface area contributed by atoms with Crippen molar-refractivity contribution in [1.29, 1.82) is 5.26 Å². The molecule has 0 aliphatic carbocycles. The molecule has 1 unspecified atom stereocenters. The Kier molecular flexibility index (Phi) is 3.15. The molecule has 2 rings (SSSR count). The first-order valence-corrected chi connectivity index (χ1v) is 4.95. The SMILES string of the molecule is N#Cc1cc(OCC2CCOC2)ccn1. The topological polar surface area (TPSA) is 55.1 Å². The quantitative estimate of drug-likeness (QED) is 0.746. The van der Waals surface area contributed by atoms with Crippen LogP contribution in [-0.4, -0.2) is 24.8 Å². The summed E-state index contributed by atoms with van der Waals surface area (Å²) in [5.74, 6) is 1.18. The van der Waals surface area contributed by atoms with E-state index in [0.717, 1.165) is 19.6 Å². The number of aromatic nitrogens is 1. The van der Waals surface area contributed by atoms with E-state index >= 15 is 0 Å². The second kappa shape index (κ2) is 4.76. The average molecular weight is 204 g/mol. The standard InChI is InChI=1S/C11H12N2O2/c12-6-10-5-11(1-3-13-10)15-8-9-2-4-14-7-9/h1,3,5,9H,2,4,7-8H2. The minimum Gasteiger partial charge on any atom is -0.493 e. The Hall–Kier alpha value is -1.60. The number of nitrogens with zero attached hydrogens (tertiary/aromatic N) is 2. The van der Waals surface area contributed by atoms with Gasteiger partial charge in [-0.3, -0.25) is 0 Å². The summed E-state index contributed by atoms with van der Waals surface area (Å²) in [5, 5.41) is 8.65. The molecular formula is C11H12N2O2. The first-order chi connectivity index (χ1) is 7.38. The first-order valence-electron chi connectivity index (χ1n) is 4.95. The molecule has 1 atom stereocenters. The molecule has 2 heterocycles. The van der Waals surface area contributed by atoms with Gasteiger partial charge in [-0.15, -0.1) is 0 Å². The van der Waals surface area contributed by atoms with Crippen molar-refractivity contribution in [3.8, 4) is 11.8 Å². The molecule has 4 heteroatoms. The fourth-order valence-electron chi connectivity index (χ4n) is 1.49. The zero-order valence-corrected chi connectivity index (χ0v) is 8.35. The van der Waals surface area contributed by atoms with Crippen LogP contribution in [0.3, 0.4) is 0 Å². The van der Waals surface area contributed by atoms with Crippen LogP contribution in [0, 0.1) is 17.2 Å². The highest BCUT2D eigenvalue weighted by molar-refractivity contribution is 5.29. The third-order valence-corrected chi connectivity index (χ3v) is 2.36.